The molecule has 4 N–H and O–H groups in total. The molecule has 0 bridgehead atoms. The second-order valence-electron chi connectivity index (χ2n) is 4.58. The molecule has 104 valence electrons. The van der Waals surface area contributed by atoms with Crippen molar-refractivity contribution in [1.82, 2.24) is 4.98 Å². The second-order valence-corrected chi connectivity index (χ2v) is 4.58. The lowest BCUT2D eigenvalue weighted by molar-refractivity contribution is -0.116. The van der Waals surface area contributed by atoms with Crippen LogP contribution in [0.5, 0.6) is 0 Å². The molecule has 0 aliphatic carbocycles. The van der Waals surface area contributed by atoms with Crippen LogP contribution in [0, 0.1) is 17.1 Å². The molecule has 1 aliphatic heterocycles. The number of halogens is 1. The summed E-state index contributed by atoms with van der Waals surface area (Å²) in [7, 11) is 0. The maximum atomic E-state index is 13.0. The quantitative estimate of drug-likeness (QED) is 0.823. The van der Waals surface area contributed by atoms with Gasteiger partial charge in [-0.3, -0.25) is 9.69 Å². The molecule has 1 aliphatic rings. The molecule has 0 unspecified atom stereocenters. The molecule has 1 aromatic carbocycles. The number of carbonyl (C=O) groups excluding carboxylic acids is 1. The van der Waals surface area contributed by atoms with Gasteiger partial charge >= 0.3 is 0 Å². The van der Waals surface area contributed by atoms with Crippen LogP contribution in [0.1, 0.15) is 11.1 Å². The highest BCUT2D eigenvalue weighted by atomic mass is 19.1. The molecule has 1 aromatic heterocycles. The number of carbonyl (C=O) groups is 1. The van der Waals surface area contributed by atoms with E-state index in [-0.39, 0.29) is 29.4 Å². The number of anilines is 4. The predicted molar refractivity (Wildman–Crippen MR) is 75.0 cm³/mol. The maximum Gasteiger partial charge on any atom is 0.237 e. The molecule has 0 spiro atoms. The molecule has 0 saturated carbocycles. The summed E-state index contributed by atoms with van der Waals surface area (Å²) in [5.41, 5.74) is 12.8. The normalized spacial score (nSPS) is 13.1. The van der Waals surface area contributed by atoms with Gasteiger partial charge in [-0.05, 0) is 24.3 Å². The number of pyridine rings is 1. The zero-order valence-electron chi connectivity index (χ0n) is 10.8. The van der Waals surface area contributed by atoms with E-state index in [4.69, 9.17) is 16.7 Å². The number of nitriles is 1. The predicted octanol–water partition coefficient (Wildman–Crippen LogP) is 1.48. The van der Waals surface area contributed by atoms with Gasteiger partial charge in [-0.15, -0.1) is 0 Å². The number of nitrogens with two attached hydrogens (primary N) is 2. The minimum absolute atomic E-state index is 0.0283. The van der Waals surface area contributed by atoms with Crippen LogP contribution < -0.4 is 16.4 Å². The first-order valence-electron chi connectivity index (χ1n) is 6.09. The molecule has 7 heteroatoms. The van der Waals surface area contributed by atoms with Gasteiger partial charge in [0.2, 0.25) is 5.91 Å². The fourth-order valence-corrected chi connectivity index (χ4v) is 2.33. The molecule has 0 radical (unpaired) electrons. The van der Waals surface area contributed by atoms with Crippen molar-refractivity contribution in [2.45, 2.75) is 6.42 Å². The van der Waals surface area contributed by atoms with Crippen LogP contribution in [-0.2, 0) is 11.2 Å². The van der Waals surface area contributed by atoms with Crippen molar-refractivity contribution in [2.24, 2.45) is 0 Å². The van der Waals surface area contributed by atoms with Crippen LogP contribution in [-0.4, -0.2) is 10.9 Å². The van der Waals surface area contributed by atoms with Crippen molar-refractivity contribution >= 4 is 28.9 Å². The molecule has 0 saturated heterocycles. The van der Waals surface area contributed by atoms with Crippen molar-refractivity contribution in [2.75, 3.05) is 16.4 Å². The standard InChI is InChI=1S/C14H10FN5O/c15-7-1-3-8(4-2-7)20-11(21)5-9-12(17)10(6-16)13(18)19-14(9)20/h1-4H,5H2,(H4,17,18,19). The lowest BCUT2D eigenvalue weighted by Gasteiger charge is -2.17. The van der Waals surface area contributed by atoms with Crippen LogP contribution in [0.15, 0.2) is 24.3 Å². The maximum absolute atomic E-state index is 13.0. The molecule has 1 amide bonds. The lowest BCUT2D eigenvalue weighted by atomic mass is 10.1. The fraction of sp³-hybridized carbons (Fsp3) is 0.0714. The zero-order chi connectivity index (χ0) is 15.1. The van der Waals surface area contributed by atoms with E-state index < -0.39 is 5.82 Å². The Kier molecular flexibility index (Phi) is 2.73. The molecule has 6 nitrogen and oxygen atoms in total. The Balaban J connectivity index is 2.19. The summed E-state index contributed by atoms with van der Waals surface area (Å²) in [5, 5.41) is 9.02. The largest absolute Gasteiger partial charge is 0.397 e. The van der Waals surface area contributed by atoms with Gasteiger partial charge in [0, 0.05) is 5.56 Å². The Morgan fingerprint density at radius 2 is 1.95 bits per heavy atom. The third kappa shape index (κ3) is 1.85. The van der Waals surface area contributed by atoms with Gasteiger partial charge in [0.1, 0.15) is 29.1 Å². The monoisotopic (exact) mass is 283 g/mol. The first-order valence-corrected chi connectivity index (χ1v) is 6.09. The van der Waals surface area contributed by atoms with Crippen LogP contribution >= 0.6 is 0 Å². The van der Waals surface area contributed by atoms with E-state index in [1.807, 2.05) is 6.07 Å². The van der Waals surface area contributed by atoms with Crippen LogP contribution in [0.25, 0.3) is 0 Å². The van der Waals surface area contributed by atoms with E-state index in [2.05, 4.69) is 4.98 Å². The topological polar surface area (TPSA) is 109 Å². The van der Waals surface area contributed by atoms with E-state index in [0.717, 1.165) is 0 Å². The summed E-state index contributed by atoms with van der Waals surface area (Å²) < 4.78 is 13.0. The van der Waals surface area contributed by atoms with Crippen molar-refractivity contribution in [3.8, 4) is 6.07 Å². The van der Waals surface area contributed by atoms with Crippen molar-refractivity contribution in [1.29, 1.82) is 5.26 Å². The van der Waals surface area contributed by atoms with Gasteiger partial charge in [-0.2, -0.15) is 5.26 Å². The van der Waals surface area contributed by atoms with Gasteiger partial charge in [-0.25, -0.2) is 9.37 Å². The molecule has 2 aromatic rings. The Morgan fingerprint density at radius 1 is 1.29 bits per heavy atom. The van der Waals surface area contributed by atoms with Crippen LogP contribution in [0.3, 0.4) is 0 Å². The average Bonchev–Trinajstić information content (AvgIpc) is 2.77. The molecular formula is C14H10FN5O. The van der Waals surface area contributed by atoms with Crippen molar-refractivity contribution in [3.63, 3.8) is 0 Å². The first-order chi connectivity index (χ1) is 10.0. The number of nitrogens with zero attached hydrogens (tertiary/aromatic N) is 3. The minimum atomic E-state index is -0.405. The number of rotatable bonds is 1. The van der Waals surface area contributed by atoms with Gasteiger partial charge in [-0.1, -0.05) is 0 Å². The van der Waals surface area contributed by atoms with E-state index >= 15 is 0 Å². The van der Waals surface area contributed by atoms with E-state index in [1.165, 1.54) is 29.2 Å². The third-order valence-electron chi connectivity index (χ3n) is 3.33. The smallest absolute Gasteiger partial charge is 0.237 e. The van der Waals surface area contributed by atoms with Crippen LogP contribution in [0.4, 0.5) is 27.4 Å². The van der Waals surface area contributed by atoms with Crippen molar-refractivity contribution < 1.29 is 9.18 Å². The summed E-state index contributed by atoms with van der Waals surface area (Å²) in [4.78, 5) is 17.6. The highest BCUT2D eigenvalue weighted by Gasteiger charge is 2.33. The summed E-state index contributed by atoms with van der Waals surface area (Å²) in [6.07, 6.45) is 0.0283. The number of hydrogen-bond acceptors (Lipinski definition) is 5. The fourth-order valence-electron chi connectivity index (χ4n) is 2.33. The lowest BCUT2D eigenvalue weighted by Crippen LogP contribution is -2.21. The Hall–Kier alpha value is -3.14. The molecular weight excluding hydrogens is 273 g/mol. The molecule has 0 atom stereocenters. The van der Waals surface area contributed by atoms with Gasteiger partial charge in [0.25, 0.3) is 0 Å². The van der Waals surface area contributed by atoms with Crippen molar-refractivity contribution in [3.05, 3.63) is 41.2 Å². The Labute approximate surface area is 119 Å². The molecule has 2 heterocycles. The Morgan fingerprint density at radius 3 is 2.57 bits per heavy atom. The molecule has 21 heavy (non-hydrogen) atoms. The van der Waals surface area contributed by atoms with Gasteiger partial charge < -0.3 is 11.5 Å². The zero-order valence-corrected chi connectivity index (χ0v) is 10.8. The summed E-state index contributed by atoms with van der Waals surface area (Å²) in [5.74, 6) is -0.404. The highest BCUT2D eigenvalue weighted by Crippen LogP contribution is 2.39. The highest BCUT2D eigenvalue weighted by molar-refractivity contribution is 6.08. The van der Waals surface area contributed by atoms with E-state index in [9.17, 15) is 9.18 Å². The number of hydrogen-bond donors (Lipinski definition) is 2. The summed E-state index contributed by atoms with van der Waals surface area (Å²) in [6, 6.07) is 7.31. The number of aromatic nitrogens is 1. The van der Waals surface area contributed by atoms with Crippen LogP contribution in [0.2, 0.25) is 0 Å². The number of benzene rings is 1. The number of fused-ring (bicyclic) bond motifs is 1. The number of nitrogen functional groups attached to an aromatic ring is 2. The number of amides is 1. The van der Waals surface area contributed by atoms with Gasteiger partial charge in [0.05, 0.1) is 17.8 Å². The van der Waals surface area contributed by atoms with E-state index in [0.29, 0.717) is 17.1 Å². The molecule has 3 rings (SSSR count). The average molecular weight is 283 g/mol. The second kappa shape index (κ2) is 4.45. The first kappa shape index (κ1) is 12.9. The SMILES string of the molecule is N#Cc1c(N)nc2c(c1N)CC(=O)N2c1ccc(F)cc1. The third-order valence-corrected chi connectivity index (χ3v) is 3.33. The summed E-state index contributed by atoms with van der Waals surface area (Å²) in [6.45, 7) is 0. The minimum Gasteiger partial charge on any atom is -0.397 e. The summed E-state index contributed by atoms with van der Waals surface area (Å²) >= 11 is 0. The molecule has 0 fully saturated rings. The Bertz CT molecular complexity index is 794. The van der Waals surface area contributed by atoms with E-state index in [1.54, 1.807) is 0 Å². The van der Waals surface area contributed by atoms with Gasteiger partial charge in [0.15, 0.2) is 0 Å².